The van der Waals surface area contributed by atoms with Crippen molar-refractivity contribution in [3.8, 4) is 0 Å². The maximum atomic E-state index is 12.4. The molecule has 0 spiro atoms. The Morgan fingerprint density at radius 3 is 1.32 bits per heavy atom. The summed E-state index contributed by atoms with van der Waals surface area (Å²) >= 11 is 0. The molecule has 0 saturated heterocycles. The fourth-order valence-corrected chi connectivity index (χ4v) is 7.62. The largest absolute Gasteiger partial charge is 0.480 e. The number of carbonyl (C=O) groups excluding carboxylic acids is 2. The van der Waals surface area contributed by atoms with Gasteiger partial charge in [0.1, 0.15) is 12.7 Å². The summed E-state index contributed by atoms with van der Waals surface area (Å²) in [6, 6.07) is -1.55. The van der Waals surface area contributed by atoms with Crippen molar-refractivity contribution in [3.05, 3.63) is 72.9 Å². The zero-order valence-electron chi connectivity index (χ0n) is 40.8. The molecule has 0 radical (unpaired) electrons. The first-order chi connectivity index (χ1) is 31.6. The Balaban J connectivity index is 3.90. The number of ether oxygens (including phenoxy) is 1. The number of aliphatic hydroxyl groups is 1. The van der Waals surface area contributed by atoms with Crippen LogP contribution in [0.3, 0.4) is 0 Å². The number of hydrogen-bond donors (Lipinski definition) is 4. The summed E-state index contributed by atoms with van der Waals surface area (Å²) in [5.41, 5.74) is 0. The number of carbonyl (C=O) groups is 3. The Morgan fingerprint density at radius 2 is 0.892 bits per heavy atom. The number of amides is 1. The third-order valence-electron chi connectivity index (χ3n) is 10.8. The van der Waals surface area contributed by atoms with E-state index in [2.05, 4.69) is 92.1 Å². The van der Waals surface area contributed by atoms with Crippen LogP contribution in [0, 0.1) is 0 Å². The van der Waals surface area contributed by atoms with Crippen molar-refractivity contribution in [2.45, 2.75) is 225 Å². The number of phosphoric ester groups is 1. The van der Waals surface area contributed by atoms with Gasteiger partial charge < -0.3 is 25.2 Å². The van der Waals surface area contributed by atoms with Crippen molar-refractivity contribution < 1.29 is 47.8 Å². The van der Waals surface area contributed by atoms with E-state index in [4.69, 9.17) is 13.8 Å². The van der Waals surface area contributed by atoms with Crippen LogP contribution in [0.25, 0.3) is 0 Å². The van der Waals surface area contributed by atoms with Gasteiger partial charge >= 0.3 is 19.8 Å². The molecule has 65 heavy (non-hydrogen) atoms. The molecular formula is C53H92NO10P. The Morgan fingerprint density at radius 1 is 0.508 bits per heavy atom. The van der Waals surface area contributed by atoms with E-state index in [0.29, 0.717) is 12.8 Å². The minimum absolute atomic E-state index is 0.143. The van der Waals surface area contributed by atoms with E-state index >= 15 is 0 Å². The number of unbranched alkanes of at least 4 members (excludes halogenated alkanes) is 21. The van der Waals surface area contributed by atoms with Gasteiger partial charge in [0.05, 0.1) is 13.2 Å². The number of hydrogen-bond acceptors (Lipinski definition) is 8. The van der Waals surface area contributed by atoms with Gasteiger partial charge in [0.15, 0.2) is 6.04 Å². The van der Waals surface area contributed by atoms with Crippen molar-refractivity contribution >= 4 is 25.7 Å². The molecule has 0 aliphatic heterocycles. The second kappa shape index (κ2) is 47.4. The lowest BCUT2D eigenvalue weighted by Gasteiger charge is -2.18. The summed E-state index contributed by atoms with van der Waals surface area (Å²) in [4.78, 5) is 46.1. The Labute approximate surface area is 395 Å². The highest BCUT2D eigenvalue weighted by Gasteiger charge is 2.28. The standard InChI is InChI=1S/C53H92NO10P/c1-3-5-7-9-11-13-15-17-19-21-23-25-27-29-31-33-35-37-39-41-43-45-52(57)62-46-49(55)47-63-65(60,61)64-48-50(53(58)59)54-51(56)44-42-40-38-36-34-32-30-28-26-24-22-20-18-16-14-12-10-8-6-4-2/h5,7,11,13,17,19,23,25,29,31,35,37,49-50,55H,3-4,6,8-10,12,14-16,18,20-22,24,26-28,30,32-34,36,38-48H2,1-2H3,(H,54,56)(H,58,59)(H,60,61)/b7-5-,13-11-,19-17-,25-23-,31-29-,37-35-. The minimum Gasteiger partial charge on any atom is -0.480 e. The van der Waals surface area contributed by atoms with Gasteiger partial charge in [0.2, 0.25) is 5.91 Å². The van der Waals surface area contributed by atoms with E-state index < -0.39 is 57.6 Å². The summed E-state index contributed by atoms with van der Waals surface area (Å²) in [7, 11) is -4.77. The van der Waals surface area contributed by atoms with Gasteiger partial charge in [-0.05, 0) is 64.2 Å². The average molecular weight is 934 g/mol. The van der Waals surface area contributed by atoms with Crippen LogP contribution >= 0.6 is 7.82 Å². The lowest BCUT2D eigenvalue weighted by Crippen LogP contribution is -2.43. The molecule has 0 aromatic rings. The summed E-state index contributed by atoms with van der Waals surface area (Å²) < 4.78 is 26.9. The first-order valence-corrected chi connectivity index (χ1v) is 27.0. The zero-order chi connectivity index (χ0) is 47.7. The van der Waals surface area contributed by atoms with Gasteiger partial charge in [-0.15, -0.1) is 0 Å². The SMILES string of the molecule is CC/C=C\C/C=C\C/C=C\C/C=C\C/C=C\C/C=C\CCCCC(=O)OCC(O)COP(=O)(O)OCC(NC(=O)CCCCCCCCCCCCCCCCCCCCCC)C(=O)O. The number of aliphatic carboxylic acids is 1. The quantitative estimate of drug-likeness (QED) is 0.0199. The number of carboxylic acids is 1. The molecule has 3 atom stereocenters. The molecule has 0 fully saturated rings. The van der Waals surface area contributed by atoms with Crippen molar-refractivity contribution in [2.24, 2.45) is 0 Å². The van der Waals surface area contributed by atoms with Crippen LogP contribution < -0.4 is 5.32 Å². The fourth-order valence-electron chi connectivity index (χ4n) is 6.85. The number of allylic oxidation sites excluding steroid dienone is 12. The van der Waals surface area contributed by atoms with Crippen LogP contribution in [-0.2, 0) is 32.7 Å². The molecule has 0 heterocycles. The number of rotatable bonds is 47. The number of esters is 1. The summed E-state index contributed by atoms with van der Waals surface area (Å²) in [5, 5.41) is 21.9. The van der Waals surface area contributed by atoms with Crippen molar-refractivity contribution in [1.82, 2.24) is 5.32 Å². The lowest BCUT2D eigenvalue weighted by atomic mass is 10.0. The van der Waals surface area contributed by atoms with Gasteiger partial charge in [-0.2, -0.15) is 0 Å². The first-order valence-electron chi connectivity index (χ1n) is 25.5. The number of aliphatic hydroxyl groups excluding tert-OH is 1. The molecule has 11 nitrogen and oxygen atoms in total. The Hall–Kier alpha value is -3.08. The Kier molecular flexibility index (Phi) is 45.2. The highest BCUT2D eigenvalue weighted by molar-refractivity contribution is 7.47. The zero-order valence-corrected chi connectivity index (χ0v) is 41.7. The summed E-state index contributed by atoms with van der Waals surface area (Å²) in [6.45, 7) is 2.46. The molecule has 1 amide bonds. The van der Waals surface area contributed by atoms with Crippen LogP contribution in [0.2, 0.25) is 0 Å². The van der Waals surface area contributed by atoms with E-state index in [0.717, 1.165) is 70.6 Å². The van der Waals surface area contributed by atoms with E-state index in [1.54, 1.807) is 0 Å². The predicted molar refractivity (Wildman–Crippen MR) is 268 cm³/mol. The normalized spacial score (nSPS) is 14.2. The lowest BCUT2D eigenvalue weighted by molar-refractivity contribution is -0.147. The molecule has 3 unspecified atom stereocenters. The third-order valence-corrected chi connectivity index (χ3v) is 11.7. The molecular weight excluding hydrogens is 842 g/mol. The molecule has 374 valence electrons. The smallest absolute Gasteiger partial charge is 0.472 e. The second-order valence-corrected chi connectivity index (χ2v) is 18.4. The van der Waals surface area contributed by atoms with Gasteiger partial charge in [0.25, 0.3) is 0 Å². The van der Waals surface area contributed by atoms with Gasteiger partial charge in [-0.3, -0.25) is 18.6 Å². The molecule has 0 aromatic carbocycles. The van der Waals surface area contributed by atoms with Crippen molar-refractivity contribution in [3.63, 3.8) is 0 Å². The Bertz CT molecular complexity index is 1370. The molecule has 0 aromatic heterocycles. The number of carboxylic acid groups (broad SMARTS) is 1. The monoisotopic (exact) mass is 934 g/mol. The second-order valence-electron chi connectivity index (χ2n) is 17.0. The van der Waals surface area contributed by atoms with E-state index in [1.165, 1.54) is 103 Å². The highest BCUT2D eigenvalue weighted by Crippen LogP contribution is 2.43. The van der Waals surface area contributed by atoms with Gasteiger partial charge in [-0.25, -0.2) is 9.36 Å². The van der Waals surface area contributed by atoms with E-state index in [1.807, 2.05) is 0 Å². The predicted octanol–water partition coefficient (Wildman–Crippen LogP) is 14.1. The molecule has 0 rings (SSSR count). The molecule has 0 bridgehead atoms. The molecule has 12 heteroatoms. The molecule has 0 aliphatic rings. The van der Waals surface area contributed by atoms with Crippen LogP contribution in [0.5, 0.6) is 0 Å². The van der Waals surface area contributed by atoms with Gasteiger partial charge in [-0.1, -0.05) is 209 Å². The third kappa shape index (κ3) is 47.2. The molecule has 4 N–H and O–H groups in total. The van der Waals surface area contributed by atoms with Gasteiger partial charge in [0, 0.05) is 12.8 Å². The summed E-state index contributed by atoms with van der Waals surface area (Å²) in [6.07, 6.45) is 57.8. The highest BCUT2D eigenvalue weighted by atomic mass is 31.2. The van der Waals surface area contributed by atoms with E-state index in [-0.39, 0.29) is 12.8 Å². The maximum Gasteiger partial charge on any atom is 0.472 e. The first kappa shape index (κ1) is 61.9. The van der Waals surface area contributed by atoms with Crippen LogP contribution in [0.4, 0.5) is 0 Å². The number of nitrogens with one attached hydrogen (secondary N) is 1. The minimum atomic E-state index is -4.77. The van der Waals surface area contributed by atoms with Crippen molar-refractivity contribution in [1.29, 1.82) is 0 Å². The van der Waals surface area contributed by atoms with E-state index in [9.17, 15) is 34.1 Å². The van der Waals surface area contributed by atoms with Crippen LogP contribution in [0.1, 0.15) is 213 Å². The van der Waals surface area contributed by atoms with Crippen LogP contribution in [0.15, 0.2) is 72.9 Å². The number of phosphoric acid groups is 1. The molecule has 0 aliphatic carbocycles. The van der Waals surface area contributed by atoms with Crippen LogP contribution in [-0.4, -0.2) is 64.9 Å². The summed E-state index contributed by atoms with van der Waals surface area (Å²) in [5.74, 6) is -2.42. The topological polar surface area (TPSA) is 169 Å². The fraction of sp³-hybridized carbons (Fsp3) is 0.717. The average Bonchev–Trinajstić information content (AvgIpc) is 3.28. The van der Waals surface area contributed by atoms with Crippen molar-refractivity contribution in [2.75, 3.05) is 19.8 Å². The molecule has 0 saturated carbocycles. The maximum absolute atomic E-state index is 12.4.